The predicted octanol–water partition coefficient (Wildman–Crippen LogP) is 0.251. The fourth-order valence-corrected chi connectivity index (χ4v) is 0. The summed E-state index contributed by atoms with van der Waals surface area (Å²) < 4.78 is 0. The van der Waals surface area contributed by atoms with Crippen molar-refractivity contribution in [3.05, 3.63) is 7.43 Å². The summed E-state index contributed by atoms with van der Waals surface area (Å²) in [7, 11) is -1.86. The van der Waals surface area contributed by atoms with Crippen LogP contribution >= 0.6 is 0 Å². The van der Waals surface area contributed by atoms with Gasteiger partial charge in [-0.3, -0.25) is 0 Å². The molecule has 1 nitrogen and oxygen atoms in total. The van der Waals surface area contributed by atoms with Crippen molar-refractivity contribution in [1.82, 2.24) is 0 Å². The molecule has 7 heavy (non-hydrogen) atoms. The molecule has 0 N–H and O–H groups in total. The number of hydrogen-bond acceptors (Lipinski definition) is 1. The topological polar surface area (TPSA) is 23.1 Å². The molecule has 0 atom stereocenters. The molecule has 0 aliphatic rings. The van der Waals surface area contributed by atoms with Crippen LogP contribution in [0, 0.1) is 7.43 Å². The minimum absolute atomic E-state index is 0. The Hall–Kier alpha value is 0.943. The van der Waals surface area contributed by atoms with Crippen LogP contribution in [0.4, 0.5) is 0 Å². The van der Waals surface area contributed by atoms with E-state index in [0.717, 1.165) is 0 Å². The van der Waals surface area contributed by atoms with Gasteiger partial charge in [-0.25, -0.2) is 0 Å². The van der Waals surface area contributed by atoms with Gasteiger partial charge in [-0.2, -0.15) is 0 Å². The molecule has 0 rings (SSSR count). The molecule has 0 aliphatic heterocycles. The molecular weight excluding hydrogens is 116 g/mol. The second-order valence-corrected chi connectivity index (χ2v) is 6.34. The van der Waals surface area contributed by atoms with E-state index in [-0.39, 0.29) is 30.5 Å². The van der Waals surface area contributed by atoms with Crippen LogP contribution in [-0.4, -0.2) is 31.4 Å². The van der Waals surface area contributed by atoms with Crippen LogP contribution in [0.5, 0.6) is 0 Å². The zero-order chi connectivity index (χ0) is 4.50. The van der Waals surface area contributed by atoms with Crippen molar-refractivity contribution < 1.29 is 4.80 Å². The Kier molecular flexibility index (Phi) is 11.4. The van der Waals surface area contributed by atoms with Gasteiger partial charge in [0, 0.05) is 0 Å². The third-order valence-electron chi connectivity index (χ3n) is 0. The van der Waals surface area contributed by atoms with Gasteiger partial charge >= 0.3 is 23.1 Å². The van der Waals surface area contributed by atoms with Crippen molar-refractivity contribution in [2.24, 2.45) is 0 Å². The smallest absolute Gasteiger partial charge is 0.859 e. The molecule has 0 fully saturated rings. The van der Waals surface area contributed by atoms with E-state index in [4.69, 9.17) is 0 Å². The van der Waals surface area contributed by atoms with Gasteiger partial charge in [0.25, 0.3) is 0 Å². The minimum Gasteiger partial charge on any atom is -0.859 e. The summed E-state index contributed by atoms with van der Waals surface area (Å²) in [5.74, 6) is 0. The zero-order valence-corrected chi connectivity index (χ0v) is 8.03. The van der Waals surface area contributed by atoms with Crippen molar-refractivity contribution in [2.45, 2.75) is 19.6 Å². The Balaban J connectivity index is -0.0000000800. The summed E-state index contributed by atoms with van der Waals surface area (Å²) >= 11 is 0. The van der Waals surface area contributed by atoms with E-state index < -0.39 is 8.32 Å². The first-order chi connectivity index (χ1) is 2.00. The summed E-state index contributed by atoms with van der Waals surface area (Å²) in [6.45, 7) is 5.31. The Morgan fingerprint density at radius 1 is 1.14 bits per heavy atom. The van der Waals surface area contributed by atoms with Gasteiger partial charge in [-0.05, 0) is 0 Å². The Morgan fingerprint density at radius 2 is 1.14 bits per heavy atom. The van der Waals surface area contributed by atoms with Gasteiger partial charge in [-0.15, -0.1) is 0 Å². The fraction of sp³-hybridized carbons (Fsp3) is 0.750. The standard InChI is InChI=1S/C3H9OSi.CH3.Mg/c1-5(2,3)4;;/h1-3H3;1H3;/q2*-1;+2. The molecule has 0 radical (unpaired) electrons. The van der Waals surface area contributed by atoms with Gasteiger partial charge in [0.1, 0.15) is 0 Å². The second-order valence-electron chi connectivity index (χ2n) is 2.11. The van der Waals surface area contributed by atoms with Gasteiger partial charge in [0.05, 0.1) is 0 Å². The van der Waals surface area contributed by atoms with E-state index in [0.29, 0.717) is 0 Å². The average Bonchev–Trinajstić information content (AvgIpc) is 0.722. The summed E-state index contributed by atoms with van der Waals surface area (Å²) in [5, 5.41) is 0. The largest absolute Gasteiger partial charge is 2.00 e. The molecule has 0 heterocycles. The maximum atomic E-state index is 10.2. The van der Waals surface area contributed by atoms with Crippen LogP contribution in [-0.2, 0) is 0 Å². The molecule has 0 bridgehead atoms. The Bertz CT molecular complexity index is 27.2. The Labute approximate surface area is 63.4 Å². The number of rotatable bonds is 0. The molecule has 0 aromatic rings. The quantitative estimate of drug-likeness (QED) is 0.339. The summed E-state index contributed by atoms with van der Waals surface area (Å²) in [6, 6.07) is 0. The first-order valence-corrected chi connectivity index (χ1v) is 5.11. The third kappa shape index (κ3) is 191. The molecule has 0 amide bonds. The molecule has 0 spiro atoms. The maximum absolute atomic E-state index is 10.2. The molecule has 3 heteroatoms. The molecule has 0 aromatic carbocycles. The molecular formula is C4H12MgOSi. The first-order valence-electron chi connectivity index (χ1n) is 1.70. The third-order valence-corrected chi connectivity index (χ3v) is 0. The number of hydrogen-bond donors (Lipinski definition) is 0. The summed E-state index contributed by atoms with van der Waals surface area (Å²) in [6.07, 6.45) is 0. The monoisotopic (exact) mass is 128 g/mol. The van der Waals surface area contributed by atoms with Crippen LogP contribution in [0.25, 0.3) is 0 Å². The van der Waals surface area contributed by atoms with Gasteiger partial charge in [0.2, 0.25) is 0 Å². The van der Waals surface area contributed by atoms with Crippen molar-refractivity contribution in [3.63, 3.8) is 0 Å². The van der Waals surface area contributed by atoms with Crippen molar-refractivity contribution >= 4 is 31.4 Å². The molecule has 0 aliphatic carbocycles. The average molecular weight is 129 g/mol. The SMILES string of the molecule is C[Si](C)(C)[O-].[CH3-].[Mg+2]. The van der Waals surface area contributed by atoms with Crippen molar-refractivity contribution in [2.75, 3.05) is 0 Å². The van der Waals surface area contributed by atoms with Crippen molar-refractivity contribution in [1.29, 1.82) is 0 Å². The van der Waals surface area contributed by atoms with E-state index in [1.54, 1.807) is 19.6 Å². The molecule has 0 saturated heterocycles. The summed E-state index contributed by atoms with van der Waals surface area (Å²) in [4.78, 5) is 10.2. The molecule has 0 saturated carbocycles. The maximum Gasteiger partial charge on any atom is 2.00 e. The van der Waals surface area contributed by atoms with Gasteiger partial charge in [-0.1, -0.05) is 28.0 Å². The molecule has 40 valence electrons. The second kappa shape index (κ2) is 5.09. The van der Waals surface area contributed by atoms with Gasteiger partial charge < -0.3 is 12.2 Å². The minimum atomic E-state index is -1.86. The van der Waals surface area contributed by atoms with Crippen LogP contribution in [0.2, 0.25) is 19.6 Å². The van der Waals surface area contributed by atoms with Gasteiger partial charge in [0.15, 0.2) is 0 Å². The Morgan fingerprint density at radius 3 is 1.14 bits per heavy atom. The van der Waals surface area contributed by atoms with Crippen LogP contribution in [0.15, 0.2) is 0 Å². The van der Waals surface area contributed by atoms with Crippen LogP contribution in [0.3, 0.4) is 0 Å². The fourth-order valence-electron chi connectivity index (χ4n) is 0. The predicted molar refractivity (Wildman–Crippen MR) is 35.5 cm³/mol. The van der Waals surface area contributed by atoms with E-state index in [2.05, 4.69) is 0 Å². The van der Waals surface area contributed by atoms with E-state index in [1.165, 1.54) is 0 Å². The van der Waals surface area contributed by atoms with Crippen LogP contribution in [0.1, 0.15) is 0 Å². The molecule has 0 unspecified atom stereocenters. The molecule has 0 aromatic heterocycles. The van der Waals surface area contributed by atoms with E-state index >= 15 is 0 Å². The zero-order valence-electron chi connectivity index (χ0n) is 5.62. The summed E-state index contributed by atoms with van der Waals surface area (Å²) in [5.41, 5.74) is 0. The normalized spacial score (nSPS) is 8.57. The van der Waals surface area contributed by atoms with E-state index in [1.807, 2.05) is 0 Å². The first kappa shape index (κ1) is 15.7. The van der Waals surface area contributed by atoms with Crippen LogP contribution < -0.4 is 4.80 Å². The van der Waals surface area contributed by atoms with Crippen molar-refractivity contribution in [3.8, 4) is 0 Å². The van der Waals surface area contributed by atoms with E-state index in [9.17, 15) is 4.80 Å².